The zero-order valence-electron chi connectivity index (χ0n) is 18.7. The first-order valence-corrected chi connectivity index (χ1v) is 12.1. The molecule has 1 fully saturated rings. The van der Waals surface area contributed by atoms with Gasteiger partial charge in [0.15, 0.2) is 11.6 Å². The monoisotopic (exact) mass is 526 g/mol. The summed E-state index contributed by atoms with van der Waals surface area (Å²) >= 11 is 7.51. The number of carbonyl (C=O) groups excluding carboxylic acids is 2. The molecule has 5 rings (SSSR count). The van der Waals surface area contributed by atoms with Gasteiger partial charge in [0.2, 0.25) is 0 Å². The smallest absolute Gasteiger partial charge is 0.332 e. The first-order valence-electron chi connectivity index (χ1n) is 10.8. The van der Waals surface area contributed by atoms with Gasteiger partial charge >= 0.3 is 6.03 Å². The minimum Gasteiger partial charge on any atom is -0.494 e. The van der Waals surface area contributed by atoms with Crippen molar-refractivity contribution in [1.29, 1.82) is 5.26 Å². The molecular formula is C25H17ClF2N4O3S. The van der Waals surface area contributed by atoms with Gasteiger partial charge in [-0.1, -0.05) is 11.6 Å². The summed E-state index contributed by atoms with van der Waals surface area (Å²) in [7, 11) is 1.33. The van der Waals surface area contributed by atoms with Crippen molar-refractivity contribution in [2.45, 2.75) is 17.7 Å². The Balaban J connectivity index is 1.59. The lowest BCUT2D eigenvalue weighted by molar-refractivity contribution is -0.119. The fourth-order valence-corrected chi connectivity index (χ4v) is 6.06. The van der Waals surface area contributed by atoms with Crippen LogP contribution in [0.4, 0.5) is 19.3 Å². The summed E-state index contributed by atoms with van der Waals surface area (Å²) < 4.78 is 33.0. The molecule has 0 bridgehead atoms. The molecule has 1 saturated heterocycles. The number of amides is 3. The number of thioether (sulfide) groups is 1. The number of hydrogen-bond acceptors (Lipinski definition) is 6. The molecule has 0 aliphatic carbocycles. The lowest BCUT2D eigenvalue weighted by Gasteiger charge is -2.41. The predicted octanol–water partition coefficient (Wildman–Crippen LogP) is 5.38. The van der Waals surface area contributed by atoms with E-state index in [-0.39, 0.29) is 29.4 Å². The van der Waals surface area contributed by atoms with Gasteiger partial charge in [-0.15, -0.1) is 11.8 Å². The van der Waals surface area contributed by atoms with Crippen molar-refractivity contribution in [3.05, 3.63) is 71.0 Å². The van der Waals surface area contributed by atoms with Gasteiger partial charge in [-0.25, -0.2) is 18.5 Å². The van der Waals surface area contributed by atoms with Crippen LogP contribution in [-0.2, 0) is 4.79 Å². The van der Waals surface area contributed by atoms with Crippen LogP contribution in [0.2, 0.25) is 5.02 Å². The number of anilines is 1. The Morgan fingerprint density at radius 1 is 1.22 bits per heavy atom. The summed E-state index contributed by atoms with van der Waals surface area (Å²) in [6, 6.07) is 7.35. The maximum atomic E-state index is 14.1. The molecule has 11 heteroatoms. The first kappa shape index (κ1) is 24.0. The second-order valence-electron chi connectivity index (χ2n) is 8.11. The molecule has 36 heavy (non-hydrogen) atoms. The number of rotatable bonds is 5. The van der Waals surface area contributed by atoms with Crippen molar-refractivity contribution in [2.75, 3.05) is 18.6 Å². The summed E-state index contributed by atoms with van der Waals surface area (Å²) in [6.07, 6.45) is 4.61. The van der Waals surface area contributed by atoms with Crippen LogP contribution in [0.5, 0.6) is 5.75 Å². The van der Waals surface area contributed by atoms with Gasteiger partial charge in [0.05, 0.1) is 42.5 Å². The normalized spacial score (nSPS) is 19.4. The largest absolute Gasteiger partial charge is 0.494 e. The number of imide groups is 1. The minimum absolute atomic E-state index is 0.00907. The van der Waals surface area contributed by atoms with Crippen molar-refractivity contribution in [3.8, 4) is 11.8 Å². The topological polar surface area (TPSA) is 86.5 Å². The molecule has 0 radical (unpaired) electrons. The van der Waals surface area contributed by atoms with Gasteiger partial charge in [-0.3, -0.25) is 9.78 Å². The molecule has 3 aromatic rings. The van der Waals surface area contributed by atoms with Gasteiger partial charge in [-0.2, -0.15) is 5.26 Å². The Morgan fingerprint density at radius 3 is 2.78 bits per heavy atom. The molecule has 182 valence electrons. The molecule has 0 spiro atoms. The number of ether oxygens (including phenoxy) is 1. The Labute approximate surface area is 213 Å². The number of nitriles is 1. The number of aromatic nitrogens is 1. The lowest BCUT2D eigenvalue weighted by atomic mass is 10.0. The van der Waals surface area contributed by atoms with Crippen molar-refractivity contribution in [1.82, 2.24) is 9.88 Å². The molecule has 2 unspecified atom stereocenters. The second kappa shape index (κ2) is 9.41. The molecule has 0 N–H and O–H groups in total. The van der Waals surface area contributed by atoms with Crippen LogP contribution in [0.3, 0.4) is 0 Å². The highest BCUT2D eigenvalue weighted by atomic mass is 35.5. The maximum absolute atomic E-state index is 14.1. The van der Waals surface area contributed by atoms with E-state index in [1.165, 1.54) is 60.4 Å². The highest BCUT2D eigenvalue weighted by molar-refractivity contribution is 8.09. The number of hydrogen-bond donors (Lipinski definition) is 0. The Morgan fingerprint density at radius 2 is 2.03 bits per heavy atom. The Hall–Kier alpha value is -3.68. The second-order valence-corrected chi connectivity index (χ2v) is 9.70. The van der Waals surface area contributed by atoms with Crippen molar-refractivity contribution >= 4 is 56.7 Å². The van der Waals surface area contributed by atoms with E-state index in [0.29, 0.717) is 21.2 Å². The quantitative estimate of drug-likeness (QED) is 0.443. The van der Waals surface area contributed by atoms with E-state index >= 15 is 0 Å². The fourth-order valence-electron chi connectivity index (χ4n) is 4.39. The average Bonchev–Trinajstić information content (AvgIpc) is 3.29. The van der Waals surface area contributed by atoms with Crippen molar-refractivity contribution < 1.29 is 23.1 Å². The SMILES string of the molecule is COc1cc(C2=CC3C(S2)C(=O)N(c2cncc4cc(F)ccc24)C(=O)N3CCC#N)c(Cl)cc1F. The first-order chi connectivity index (χ1) is 17.3. The summed E-state index contributed by atoms with van der Waals surface area (Å²) in [6.45, 7) is 0.0813. The summed E-state index contributed by atoms with van der Waals surface area (Å²) in [5, 5.41) is 9.47. The molecule has 3 amide bonds. The van der Waals surface area contributed by atoms with Gasteiger partial charge < -0.3 is 9.64 Å². The molecule has 2 aromatic carbocycles. The van der Waals surface area contributed by atoms with Crippen LogP contribution in [0.15, 0.2) is 48.8 Å². The van der Waals surface area contributed by atoms with Gasteiger partial charge in [0.1, 0.15) is 11.1 Å². The minimum atomic E-state index is -0.751. The third-order valence-electron chi connectivity index (χ3n) is 6.06. The Bertz CT molecular complexity index is 1490. The number of halogens is 3. The van der Waals surface area contributed by atoms with Gasteiger partial charge in [0.25, 0.3) is 5.91 Å². The van der Waals surface area contributed by atoms with Crippen molar-refractivity contribution in [2.24, 2.45) is 0 Å². The van der Waals surface area contributed by atoms with E-state index in [1.807, 2.05) is 6.07 Å². The summed E-state index contributed by atoms with van der Waals surface area (Å²) in [5.41, 5.74) is 0.682. The van der Waals surface area contributed by atoms with Crippen molar-refractivity contribution in [3.63, 3.8) is 0 Å². The molecule has 2 aliphatic heterocycles. The Kier molecular flexibility index (Phi) is 6.28. The molecule has 2 atom stereocenters. The number of benzene rings is 2. The maximum Gasteiger partial charge on any atom is 0.332 e. The van der Waals surface area contributed by atoms with E-state index in [2.05, 4.69) is 4.98 Å². The lowest BCUT2D eigenvalue weighted by Crippen LogP contribution is -2.62. The molecular weight excluding hydrogens is 510 g/mol. The van der Waals surface area contributed by atoms with E-state index in [4.69, 9.17) is 16.3 Å². The summed E-state index contributed by atoms with van der Waals surface area (Å²) in [5.74, 6) is -1.59. The summed E-state index contributed by atoms with van der Waals surface area (Å²) in [4.78, 5) is 34.5. The molecule has 1 aromatic heterocycles. The third kappa shape index (κ3) is 3.94. The number of methoxy groups -OCH3 is 1. The van der Waals surface area contributed by atoms with Crippen LogP contribution in [-0.4, -0.2) is 46.8 Å². The standard InChI is InChI=1S/C25H17ClF2N4O3S/c1-35-21-8-16(17(26)9-18(21)28)22-10-19-23(36-22)24(33)32(25(34)31(19)6-2-5-29)20-12-30-11-13-7-14(27)3-4-15(13)20/h3-4,7-12,19,23H,2,6H2,1H3. The zero-order chi connectivity index (χ0) is 25.6. The van der Waals surface area contributed by atoms with Gasteiger partial charge in [0, 0.05) is 34.0 Å². The predicted molar refractivity (Wildman–Crippen MR) is 133 cm³/mol. The van der Waals surface area contributed by atoms with Crippen LogP contribution in [0.1, 0.15) is 12.0 Å². The van der Waals surface area contributed by atoms with E-state index in [0.717, 1.165) is 11.0 Å². The molecule has 7 nitrogen and oxygen atoms in total. The molecule has 0 saturated carbocycles. The van der Waals surface area contributed by atoms with Crippen LogP contribution in [0.25, 0.3) is 15.7 Å². The molecule has 2 aliphatic rings. The molecule has 3 heterocycles. The highest BCUT2D eigenvalue weighted by Gasteiger charge is 2.50. The average molecular weight is 527 g/mol. The number of carbonyl (C=O) groups is 2. The van der Waals surface area contributed by atoms with E-state index in [9.17, 15) is 23.6 Å². The number of pyridine rings is 1. The number of nitrogens with zero attached hydrogens (tertiary/aromatic N) is 4. The van der Waals surface area contributed by atoms with Crippen LogP contribution >= 0.6 is 23.4 Å². The van der Waals surface area contributed by atoms with E-state index in [1.54, 1.807) is 6.08 Å². The highest BCUT2D eigenvalue weighted by Crippen LogP contribution is 2.48. The number of fused-ring (bicyclic) bond motifs is 2. The van der Waals surface area contributed by atoms with Crippen LogP contribution < -0.4 is 9.64 Å². The zero-order valence-corrected chi connectivity index (χ0v) is 20.3. The van der Waals surface area contributed by atoms with Crippen LogP contribution in [0, 0.1) is 23.0 Å². The van der Waals surface area contributed by atoms with E-state index < -0.39 is 34.9 Å². The number of urea groups is 1. The van der Waals surface area contributed by atoms with Gasteiger partial charge in [-0.05, 0) is 36.4 Å². The fraction of sp³-hybridized carbons (Fsp3) is 0.200. The third-order valence-corrected chi connectivity index (χ3v) is 7.72.